The lowest BCUT2D eigenvalue weighted by Gasteiger charge is -2.09. The predicted octanol–water partition coefficient (Wildman–Crippen LogP) is 4.70. The van der Waals surface area contributed by atoms with Gasteiger partial charge in [-0.3, -0.25) is 4.79 Å². The van der Waals surface area contributed by atoms with E-state index in [1.165, 1.54) is 0 Å². The molecule has 0 aliphatic rings. The van der Waals surface area contributed by atoms with Gasteiger partial charge in [0.15, 0.2) is 11.5 Å². The van der Waals surface area contributed by atoms with Gasteiger partial charge in [0.2, 0.25) is 0 Å². The van der Waals surface area contributed by atoms with Crippen LogP contribution in [-0.4, -0.2) is 20.0 Å². The highest BCUT2D eigenvalue weighted by Crippen LogP contribution is 2.28. The van der Waals surface area contributed by atoms with Crippen LogP contribution in [0.4, 0.5) is 0 Å². The third-order valence-corrected chi connectivity index (χ3v) is 3.84. The van der Waals surface area contributed by atoms with Crippen LogP contribution in [0, 0.1) is 0 Å². The minimum absolute atomic E-state index is 0.280. The number of hydrogen-bond donors (Lipinski definition) is 0. The Morgan fingerprint density at radius 2 is 1.71 bits per heavy atom. The summed E-state index contributed by atoms with van der Waals surface area (Å²) >= 11 is 0. The SMILES string of the molecule is COc1ccc(CCC(=O)CC/C=C/c2ccccc2)cc1OC. The Labute approximate surface area is 143 Å². The Hall–Kier alpha value is -2.55. The molecule has 0 N–H and O–H groups in total. The lowest BCUT2D eigenvalue weighted by Crippen LogP contribution is -2.00. The van der Waals surface area contributed by atoms with E-state index < -0.39 is 0 Å². The third kappa shape index (κ3) is 5.58. The van der Waals surface area contributed by atoms with Gasteiger partial charge in [-0.15, -0.1) is 0 Å². The minimum atomic E-state index is 0.280. The van der Waals surface area contributed by atoms with Crippen LogP contribution in [0.1, 0.15) is 30.4 Å². The molecule has 3 heteroatoms. The van der Waals surface area contributed by atoms with Crippen LogP contribution < -0.4 is 9.47 Å². The number of methoxy groups -OCH3 is 2. The molecule has 126 valence electrons. The van der Waals surface area contributed by atoms with Gasteiger partial charge in [-0.05, 0) is 36.1 Å². The van der Waals surface area contributed by atoms with E-state index in [1.807, 2.05) is 36.4 Å². The van der Waals surface area contributed by atoms with Crippen LogP contribution in [-0.2, 0) is 11.2 Å². The van der Waals surface area contributed by atoms with E-state index >= 15 is 0 Å². The Morgan fingerprint density at radius 1 is 0.958 bits per heavy atom. The molecule has 3 nitrogen and oxygen atoms in total. The van der Waals surface area contributed by atoms with Gasteiger partial charge >= 0.3 is 0 Å². The zero-order chi connectivity index (χ0) is 17.2. The van der Waals surface area contributed by atoms with Gasteiger partial charge in [0.25, 0.3) is 0 Å². The molecule has 0 bridgehead atoms. The molecule has 0 aromatic heterocycles. The number of rotatable bonds is 9. The first kappa shape index (κ1) is 17.8. The molecule has 0 fully saturated rings. The number of carbonyl (C=O) groups is 1. The van der Waals surface area contributed by atoms with Gasteiger partial charge in [-0.2, -0.15) is 0 Å². The summed E-state index contributed by atoms with van der Waals surface area (Å²) in [5.41, 5.74) is 2.25. The fourth-order valence-electron chi connectivity index (χ4n) is 2.47. The maximum atomic E-state index is 12.0. The normalized spacial score (nSPS) is 10.8. The van der Waals surface area contributed by atoms with Crippen LogP contribution in [0.15, 0.2) is 54.6 Å². The van der Waals surface area contributed by atoms with Crippen LogP contribution in [0.25, 0.3) is 6.08 Å². The zero-order valence-electron chi connectivity index (χ0n) is 14.3. The Morgan fingerprint density at radius 3 is 2.42 bits per heavy atom. The van der Waals surface area contributed by atoms with Gasteiger partial charge in [0.05, 0.1) is 14.2 Å². The van der Waals surface area contributed by atoms with Gasteiger partial charge in [0, 0.05) is 12.8 Å². The zero-order valence-corrected chi connectivity index (χ0v) is 14.3. The van der Waals surface area contributed by atoms with E-state index in [-0.39, 0.29) is 5.78 Å². The van der Waals surface area contributed by atoms with Crippen LogP contribution >= 0.6 is 0 Å². The van der Waals surface area contributed by atoms with Crippen molar-refractivity contribution in [2.45, 2.75) is 25.7 Å². The van der Waals surface area contributed by atoms with Crippen molar-refractivity contribution in [1.82, 2.24) is 0 Å². The lowest BCUT2D eigenvalue weighted by molar-refractivity contribution is -0.118. The molecule has 0 atom stereocenters. The summed E-state index contributed by atoms with van der Waals surface area (Å²) < 4.78 is 10.5. The highest BCUT2D eigenvalue weighted by atomic mass is 16.5. The fourth-order valence-corrected chi connectivity index (χ4v) is 2.47. The molecule has 0 radical (unpaired) electrons. The Balaban J connectivity index is 1.76. The topological polar surface area (TPSA) is 35.5 Å². The second-order valence-corrected chi connectivity index (χ2v) is 5.58. The first-order valence-electron chi connectivity index (χ1n) is 8.17. The number of Topliss-reactive ketones (excluding diaryl/α,β-unsaturated/α-hetero) is 1. The number of allylic oxidation sites excluding steroid dienone is 1. The molecule has 24 heavy (non-hydrogen) atoms. The molecule has 0 aliphatic heterocycles. The number of aryl methyl sites for hydroxylation is 1. The molecule has 0 saturated carbocycles. The van der Waals surface area contributed by atoms with Crippen molar-refractivity contribution in [3.8, 4) is 11.5 Å². The van der Waals surface area contributed by atoms with E-state index in [4.69, 9.17) is 9.47 Å². The van der Waals surface area contributed by atoms with E-state index in [2.05, 4.69) is 24.3 Å². The summed E-state index contributed by atoms with van der Waals surface area (Å²) in [6.45, 7) is 0. The molecule has 0 heterocycles. The third-order valence-electron chi connectivity index (χ3n) is 3.84. The van der Waals surface area contributed by atoms with Gasteiger partial charge in [0.1, 0.15) is 5.78 Å². The largest absolute Gasteiger partial charge is 0.493 e. The maximum absolute atomic E-state index is 12.0. The van der Waals surface area contributed by atoms with Crippen molar-refractivity contribution in [3.63, 3.8) is 0 Å². The van der Waals surface area contributed by atoms with Crippen molar-refractivity contribution < 1.29 is 14.3 Å². The molecule has 0 saturated heterocycles. The highest BCUT2D eigenvalue weighted by molar-refractivity contribution is 5.78. The van der Waals surface area contributed by atoms with Crippen molar-refractivity contribution in [3.05, 3.63) is 65.7 Å². The standard InChI is InChI=1S/C21H24O3/c1-23-20-15-13-18(16-21(20)24-2)12-14-19(22)11-7-6-10-17-8-4-3-5-9-17/h3-6,8-10,13,15-16H,7,11-12,14H2,1-2H3/b10-6+. The van der Waals surface area contributed by atoms with Crippen LogP contribution in [0.5, 0.6) is 11.5 Å². The monoisotopic (exact) mass is 324 g/mol. The summed E-state index contributed by atoms with van der Waals surface area (Å²) in [6, 6.07) is 15.9. The Kier molecular flexibility index (Phi) is 7.09. The fraction of sp³-hybridized carbons (Fsp3) is 0.286. The van der Waals surface area contributed by atoms with Crippen molar-refractivity contribution >= 4 is 11.9 Å². The molecule has 2 rings (SSSR count). The number of benzene rings is 2. The smallest absolute Gasteiger partial charge is 0.160 e. The summed E-state index contributed by atoms with van der Waals surface area (Å²) in [6.07, 6.45) is 6.75. The number of ketones is 1. The van der Waals surface area contributed by atoms with Crippen LogP contribution in [0.2, 0.25) is 0 Å². The number of ether oxygens (including phenoxy) is 2. The van der Waals surface area contributed by atoms with Gasteiger partial charge < -0.3 is 9.47 Å². The average Bonchev–Trinajstić information content (AvgIpc) is 2.64. The molecule has 2 aromatic carbocycles. The summed E-state index contributed by atoms with van der Waals surface area (Å²) in [5.74, 6) is 1.69. The Bertz CT molecular complexity index is 675. The molecule has 0 spiro atoms. The molecule has 2 aromatic rings. The highest BCUT2D eigenvalue weighted by Gasteiger charge is 2.06. The van der Waals surface area contributed by atoms with E-state index in [9.17, 15) is 4.79 Å². The summed E-state index contributed by atoms with van der Waals surface area (Å²) in [7, 11) is 3.23. The van der Waals surface area contributed by atoms with E-state index in [1.54, 1.807) is 14.2 Å². The molecular formula is C21H24O3. The first-order valence-corrected chi connectivity index (χ1v) is 8.17. The minimum Gasteiger partial charge on any atom is -0.493 e. The number of carbonyl (C=O) groups excluding carboxylic acids is 1. The second kappa shape index (κ2) is 9.56. The molecule has 0 unspecified atom stereocenters. The second-order valence-electron chi connectivity index (χ2n) is 5.58. The molecule has 0 amide bonds. The van der Waals surface area contributed by atoms with Crippen molar-refractivity contribution in [2.24, 2.45) is 0 Å². The summed E-state index contributed by atoms with van der Waals surface area (Å²) in [5, 5.41) is 0. The molecular weight excluding hydrogens is 300 g/mol. The van der Waals surface area contributed by atoms with E-state index in [0.717, 1.165) is 24.0 Å². The number of hydrogen-bond acceptors (Lipinski definition) is 3. The van der Waals surface area contributed by atoms with Crippen molar-refractivity contribution in [1.29, 1.82) is 0 Å². The lowest BCUT2D eigenvalue weighted by atomic mass is 10.0. The average molecular weight is 324 g/mol. The first-order chi connectivity index (χ1) is 11.7. The quantitative estimate of drug-likeness (QED) is 0.671. The van der Waals surface area contributed by atoms with Gasteiger partial charge in [-0.25, -0.2) is 0 Å². The predicted molar refractivity (Wildman–Crippen MR) is 97.6 cm³/mol. The van der Waals surface area contributed by atoms with Crippen LogP contribution in [0.3, 0.4) is 0 Å². The van der Waals surface area contributed by atoms with Crippen molar-refractivity contribution in [2.75, 3.05) is 14.2 Å². The maximum Gasteiger partial charge on any atom is 0.160 e. The summed E-state index contributed by atoms with van der Waals surface area (Å²) in [4.78, 5) is 12.0. The van der Waals surface area contributed by atoms with Gasteiger partial charge in [-0.1, -0.05) is 48.6 Å². The molecule has 0 aliphatic carbocycles. The van der Waals surface area contributed by atoms with E-state index in [0.29, 0.717) is 24.3 Å².